The SMILES string of the molecule is CC(C)(C)OC(=O)c1cccc(C(=O)O)c1. The molecule has 4 nitrogen and oxygen atoms in total. The van der Waals surface area contributed by atoms with Gasteiger partial charge in [0.25, 0.3) is 0 Å². The summed E-state index contributed by atoms with van der Waals surface area (Å²) >= 11 is 0. The van der Waals surface area contributed by atoms with E-state index in [1.54, 1.807) is 20.8 Å². The molecule has 1 aromatic rings. The Kier molecular flexibility index (Phi) is 3.32. The third kappa shape index (κ3) is 3.38. The summed E-state index contributed by atoms with van der Waals surface area (Å²) < 4.78 is 5.13. The van der Waals surface area contributed by atoms with Gasteiger partial charge in [0.15, 0.2) is 0 Å². The first-order valence-electron chi connectivity index (χ1n) is 4.86. The highest BCUT2D eigenvalue weighted by Crippen LogP contribution is 2.13. The van der Waals surface area contributed by atoms with Gasteiger partial charge in [0.1, 0.15) is 5.60 Å². The van der Waals surface area contributed by atoms with Crippen LogP contribution >= 0.6 is 0 Å². The Balaban J connectivity index is 2.92. The Bertz CT molecular complexity index is 415. The first kappa shape index (κ1) is 12.2. The predicted molar refractivity (Wildman–Crippen MR) is 58.6 cm³/mol. The Morgan fingerprint density at radius 3 is 2.25 bits per heavy atom. The Morgan fingerprint density at radius 1 is 1.19 bits per heavy atom. The third-order valence-corrected chi connectivity index (χ3v) is 1.74. The fourth-order valence-corrected chi connectivity index (χ4v) is 1.12. The highest BCUT2D eigenvalue weighted by molar-refractivity contribution is 5.94. The molecule has 0 saturated heterocycles. The van der Waals surface area contributed by atoms with Crippen molar-refractivity contribution in [3.05, 3.63) is 35.4 Å². The highest BCUT2D eigenvalue weighted by Gasteiger charge is 2.18. The van der Waals surface area contributed by atoms with Crippen LogP contribution in [0, 0.1) is 0 Å². The van der Waals surface area contributed by atoms with Gasteiger partial charge >= 0.3 is 11.9 Å². The van der Waals surface area contributed by atoms with Crippen molar-refractivity contribution in [2.75, 3.05) is 0 Å². The van der Waals surface area contributed by atoms with Crippen LogP contribution in [0.5, 0.6) is 0 Å². The lowest BCUT2D eigenvalue weighted by Crippen LogP contribution is -2.24. The summed E-state index contributed by atoms with van der Waals surface area (Å²) in [4.78, 5) is 22.3. The molecule has 0 saturated carbocycles. The van der Waals surface area contributed by atoms with Crippen molar-refractivity contribution in [1.82, 2.24) is 0 Å². The van der Waals surface area contributed by atoms with E-state index in [1.807, 2.05) is 0 Å². The highest BCUT2D eigenvalue weighted by atomic mass is 16.6. The van der Waals surface area contributed by atoms with Crippen molar-refractivity contribution in [1.29, 1.82) is 0 Å². The zero-order chi connectivity index (χ0) is 12.3. The second-order valence-corrected chi connectivity index (χ2v) is 4.39. The molecule has 0 radical (unpaired) electrons. The summed E-state index contributed by atoms with van der Waals surface area (Å²) in [6, 6.07) is 5.77. The fourth-order valence-electron chi connectivity index (χ4n) is 1.12. The van der Waals surface area contributed by atoms with Gasteiger partial charge in [-0.1, -0.05) is 6.07 Å². The molecule has 0 spiro atoms. The molecule has 0 heterocycles. The second kappa shape index (κ2) is 4.35. The summed E-state index contributed by atoms with van der Waals surface area (Å²) in [5.41, 5.74) is -0.269. The number of rotatable bonds is 2. The van der Waals surface area contributed by atoms with Gasteiger partial charge in [-0.15, -0.1) is 0 Å². The van der Waals surface area contributed by atoms with Crippen LogP contribution in [0.25, 0.3) is 0 Å². The van der Waals surface area contributed by atoms with Crippen molar-refractivity contribution in [3.8, 4) is 0 Å². The van der Waals surface area contributed by atoms with Crippen LogP contribution in [0.1, 0.15) is 41.5 Å². The van der Waals surface area contributed by atoms with Gasteiger partial charge in [-0.05, 0) is 39.0 Å². The molecule has 0 aromatic heterocycles. The zero-order valence-corrected chi connectivity index (χ0v) is 9.48. The van der Waals surface area contributed by atoms with Crippen molar-refractivity contribution in [2.45, 2.75) is 26.4 Å². The molecule has 1 N–H and O–H groups in total. The molecule has 1 aromatic carbocycles. The van der Waals surface area contributed by atoms with Crippen LogP contribution < -0.4 is 0 Å². The van der Waals surface area contributed by atoms with Crippen LogP contribution in [0.2, 0.25) is 0 Å². The molecular formula is C12H14O4. The number of esters is 1. The van der Waals surface area contributed by atoms with E-state index in [9.17, 15) is 9.59 Å². The minimum absolute atomic E-state index is 0.0726. The van der Waals surface area contributed by atoms with Crippen LogP contribution in [0.15, 0.2) is 24.3 Å². The van der Waals surface area contributed by atoms with Gasteiger partial charge in [-0.3, -0.25) is 0 Å². The van der Waals surface area contributed by atoms with Crippen LogP contribution in [-0.2, 0) is 4.74 Å². The Hall–Kier alpha value is -1.84. The average molecular weight is 222 g/mol. The van der Waals surface area contributed by atoms with Gasteiger partial charge in [-0.25, -0.2) is 9.59 Å². The number of hydrogen-bond acceptors (Lipinski definition) is 3. The van der Waals surface area contributed by atoms with Gasteiger partial charge < -0.3 is 9.84 Å². The van der Waals surface area contributed by atoms with E-state index in [4.69, 9.17) is 9.84 Å². The van der Waals surface area contributed by atoms with Gasteiger partial charge in [0.2, 0.25) is 0 Å². The minimum atomic E-state index is -1.06. The summed E-state index contributed by atoms with van der Waals surface area (Å²) in [6.45, 7) is 5.27. The molecule has 0 aliphatic rings. The van der Waals surface area contributed by atoms with Crippen molar-refractivity contribution < 1.29 is 19.4 Å². The van der Waals surface area contributed by atoms with E-state index in [-0.39, 0.29) is 11.1 Å². The molecule has 0 atom stereocenters. The molecule has 0 unspecified atom stereocenters. The Labute approximate surface area is 93.9 Å². The van der Waals surface area contributed by atoms with Crippen LogP contribution in [0.3, 0.4) is 0 Å². The lowest BCUT2D eigenvalue weighted by atomic mass is 10.1. The topological polar surface area (TPSA) is 63.6 Å². The van der Waals surface area contributed by atoms with Crippen molar-refractivity contribution >= 4 is 11.9 Å². The minimum Gasteiger partial charge on any atom is -0.478 e. The van der Waals surface area contributed by atoms with Crippen molar-refractivity contribution in [3.63, 3.8) is 0 Å². The molecule has 0 aliphatic heterocycles. The fraction of sp³-hybridized carbons (Fsp3) is 0.333. The molecule has 16 heavy (non-hydrogen) atoms. The monoisotopic (exact) mass is 222 g/mol. The first-order chi connectivity index (χ1) is 7.29. The normalized spacial score (nSPS) is 10.9. The number of carbonyl (C=O) groups excluding carboxylic acids is 1. The van der Waals surface area contributed by atoms with E-state index >= 15 is 0 Å². The zero-order valence-electron chi connectivity index (χ0n) is 9.48. The number of carboxylic acid groups (broad SMARTS) is 1. The summed E-state index contributed by atoms with van der Waals surface area (Å²) in [7, 11) is 0. The van der Waals surface area contributed by atoms with Crippen molar-refractivity contribution in [2.24, 2.45) is 0 Å². The number of carboxylic acids is 1. The molecule has 0 fully saturated rings. The Morgan fingerprint density at radius 2 is 1.75 bits per heavy atom. The lowest BCUT2D eigenvalue weighted by Gasteiger charge is -2.19. The van der Waals surface area contributed by atoms with E-state index in [0.717, 1.165) is 0 Å². The summed E-state index contributed by atoms with van der Waals surface area (Å²) in [5.74, 6) is -1.58. The van der Waals surface area contributed by atoms with Gasteiger partial charge in [0.05, 0.1) is 11.1 Å². The molecule has 4 heteroatoms. The summed E-state index contributed by atoms with van der Waals surface area (Å²) in [5, 5.41) is 8.77. The van der Waals surface area contributed by atoms with Gasteiger partial charge in [0, 0.05) is 0 Å². The maximum absolute atomic E-state index is 11.6. The first-order valence-corrected chi connectivity index (χ1v) is 4.86. The van der Waals surface area contributed by atoms with E-state index in [0.29, 0.717) is 0 Å². The number of hydrogen-bond donors (Lipinski definition) is 1. The average Bonchev–Trinajstić information content (AvgIpc) is 2.15. The van der Waals surface area contributed by atoms with Crippen LogP contribution in [-0.4, -0.2) is 22.6 Å². The largest absolute Gasteiger partial charge is 0.478 e. The molecule has 0 amide bonds. The predicted octanol–water partition coefficient (Wildman–Crippen LogP) is 2.34. The number of ether oxygens (including phenoxy) is 1. The molecule has 0 aliphatic carbocycles. The van der Waals surface area contributed by atoms with Gasteiger partial charge in [-0.2, -0.15) is 0 Å². The molecular weight excluding hydrogens is 208 g/mol. The standard InChI is InChI=1S/C12H14O4/c1-12(2,3)16-11(15)9-6-4-5-8(7-9)10(13)14/h4-7H,1-3H3,(H,13,14). The quantitative estimate of drug-likeness (QED) is 0.780. The lowest BCUT2D eigenvalue weighted by molar-refractivity contribution is 0.00695. The third-order valence-electron chi connectivity index (χ3n) is 1.74. The maximum Gasteiger partial charge on any atom is 0.338 e. The van der Waals surface area contributed by atoms with Crippen LogP contribution in [0.4, 0.5) is 0 Å². The number of carbonyl (C=O) groups is 2. The second-order valence-electron chi connectivity index (χ2n) is 4.39. The molecule has 1 rings (SSSR count). The molecule has 0 bridgehead atoms. The summed E-state index contributed by atoms with van der Waals surface area (Å²) in [6.07, 6.45) is 0. The number of aromatic carboxylic acids is 1. The smallest absolute Gasteiger partial charge is 0.338 e. The maximum atomic E-state index is 11.6. The molecule has 86 valence electrons. The van der Waals surface area contributed by atoms with E-state index in [2.05, 4.69) is 0 Å². The van der Waals surface area contributed by atoms with E-state index < -0.39 is 17.5 Å². The number of benzene rings is 1. The van der Waals surface area contributed by atoms with E-state index in [1.165, 1.54) is 24.3 Å².